The predicted molar refractivity (Wildman–Crippen MR) is 161 cm³/mol. The van der Waals surface area contributed by atoms with Crippen LogP contribution in [0, 0.1) is 0 Å². The Morgan fingerprint density at radius 2 is 1.22 bits per heavy atom. The summed E-state index contributed by atoms with van der Waals surface area (Å²) in [5.41, 5.74) is 6.51. The molecule has 0 aliphatic heterocycles. The summed E-state index contributed by atoms with van der Waals surface area (Å²) in [6, 6.07) is 38.0. The van der Waals surface area contributed by atoms with Gasteiger partial charge in [-0.25, -0.2) is 0 Å². The summed E-state index contributed by atoms with van der Waals surface area (Å²) in [4.78, 5) is 4.88. The molecule has 0 saturated carbocycles. The van der Waals surface area contributed by atoms with E-state index in [1.165, 1.54) is 36.5 Å². The zero-order valence-corrected chi connectivity index (χ0v) is 21.9. The van der Waals surface area contributed by atoms with Gasteiger partial charge in [0.1, 0.15) is 0 Å². The number of halogens is 2. The van der Waals surface area contributed by atoms with Crippen molar-refractivity contribution in [1.82, 2.24) is 4.98 Å². The molecule has 2 heterocycles. The van der Waals surface area contributed by atoms with Crippen molar-refractivity contribution < 1.29 is 0 Å². The third-order valence-electron chi connectivity index (χ3n) is 6.81. The van der Waals surface area contributed by atoms with Gasteiger partial charge in [-0.15, -0.1) is 11.3 Å². The summed E-state index contributed by atoms with van der Waals surface area (Å²) in [5.74, 6) is 0. The molecule has 7 aromatic rings. The molecule has 0 atom stereocenters. The van der Waals surface area contributed by atoms with E-state index in [2.05, 4.69) is 91.0 Å². The molecule has 0 spiro atoms. The first-order valence-electron chi connectivity index (χ1n) is 12.0. The average Bonchev–Trinajstić information content (AvgIpc) is 3.31. The fraction of sp³-hybridized carbons (Fsp3) is 0. The minimum Gasteiger partial charge on any atom is -0.256 e. The molecule has 1 nitrogen and oxygen atoms in total. The molecule has 0 aliphatic rings. The predicted octanol–water partition coefficient (Wildman–Crippen LogP) is 10.9. The lowest BCUT2D eigenvalue weighted by molar-refractivity contribution is 1.33. The van der Waals surface area contributed by atoms with Gasteiger partial charge < -0.3 is 0 Å². The van der Waals surface area contributed by atoms with Gasteiger partial charge >= 0.3 is 0 Å². The van der Waals surface area contributed by atoms with Gasteiger partial charge in [0.05, 0.1) is 5.69 Å². The van der Waals surface area contributed by atoms with Crippen LogP contribution in [0.25, 0.3) is 64.5 Å². The van der Waals surface area contributed by atoms with Gasteiger partial charge in [-0.2, -0.15) is 0 Å². The monoisotopic (exact) mass is 531 g/mol. The molecule has 0 radical (unpaired) electrons. The Labute approximate surface area is 228 Å². The van der Waals surface area contributed by atoms with E-state index in [-0.39, 0.29) is 0 Å². The molecule has 5 aromatic carbocycles. The van der Waals surface area contributed by atoms with Crippen LogP contribution in [-0.4, -0.2) is 4.98 Å². The Balaban J connectivity index is 1.23. The minimum atomic E-state index is 0.637. The van der Waals surface area contributed by atoms with Gasteiger partial charge in [-0.1, -0.05) is 89.9 Å². The fourth-order valence-electron chi connectivity index (χ4n) is 5.00. The summed E-state index contributed by atoms with van der Waals surface area (Å²) in [5, 5.41) is 6.21. The molecule has 0 fully saturated rings. The van der Waals surface area contributed by atoms with Gasteiger partial charge in [-0.3, -0.25) is 4.98 Å². The second kappa shape index (κ2) is 9.00. The van der Waals surface area contributed by atoms with Crippen molar-refractivity contribution in [3.63, 3.8) is 0 Å². The third kappa shape index (κ3) is 4.08. The van der Waals surface area contributed by atoms with Crippen molar-refractivity contribution in [2.75, 3.05) is 0 Å². The highest BCUT2D eigenvalue weighted by Gasteiger charge is 2.11. The lowest BCUT2D eigenvalue weighted by Crippen LogP contribution is -1.86. The first kappa shape index (κ1) is 22.5. The summed E-state index contributed by atoms with van der Waals surface area (Å²) in [7, 11) is 0. The highest BCUT2D eigenvalue weighted by atomic mass is 35.5. The van der Waals surface area contributed by atoms with Gasteiger partial charge in [0.2, 0.25) is 0 Å². The molecule has 0 N–H and O–H groups in total. The van der Waals surface area contributed by atoms with Crippen LogP contribution >= 0.6 is 34.5 Å². The molecule has 0 bridgehead atoms. The van der Waals surface area contributed by atoms with Crippen LogP contribution in [0.2, 0.25) is 10.0 Å². The van der Waals surface area contributed by atoms with E-state index in [9.17, 15) is 0 Å². The van der Waals surface area contributed by atoms with Gasteiger partial charge in [0.25, 0.3) is 0 Å². The van der Waals surface area contributed by atoms with Gasteiger partial charge in [-0.05, 0) is 69.9 Å². The van der Waals surface area contributed by atoms with E-state index in [1.807, 2.05) is 29.7 Å². The number of rotatable bonds is 3. The van der Waals surface area contributed by atoms with Crippen LogP contribution < -0.4 is 0 Å². The number of nitrogens with zero attached hydrogens (tertiary/aromatic N) is 1. The van der Waals surface area contributed by atoms with Gasteiger partial charge in [0.15, 0.2) is 0 Å². The summed E-state index contributed by atoms with van der Waals surface area (Å²) >= 11 is 14.3. The topological polar surface area (TPSA) is 12.9 Å². The number of hydrogen-bond acceptors (Lipinski definition) is 2. The number of benzene rings is 5. The highest BCUT2D eigenvalue weighted by molar-refractivity contribution is 7.26. The summed E-state index contributed by atoms with van der Waals surface area (Å²) in [6.07, 6.45) is 1.98. The largest absolute Gasteiger partial charge is 0.256 e. The molecule has 0 unspecified atom stereocenters. The molecular formula is C33H19Cl2NS. The Morgan fingerprint density at radius 1 is 0.541 bits per heavy atom. The molecular weight excluding hydrogens is 513 g/mol. The minimum absolute atomic E-state index is 0.637. The first-order valence-corrected chi connectivity index (χ1v) is 13.6. The standard InChI is InChI=1S/C33H19Cl2NS/c34-26-16-25(17-27(35)18-26)23-11-9-20-14-22(10-8-21(20)15-23)24-12-13-31(36-19-24)30-6-3-5-29-28-4-1-2-7-32(28)37-33(29)30/h1-19H. The zero-order chi connectivity index (χ0) is 24.9. The average molecular weight is 532 g/mol. The van der Waals surface area contributed by atoms with Crippen LogP contribution in [0.4, 0.5) is 0 Å². The van der Waals surface area contributed by atoms with Crippen LogP contribution in [0.5, 0.6) is 0 Å². The van der Waals surface area contributed by atoms with E-state index in [0.717, 1.165) is 27.9 Å². The van der Waals surface area contributed by atoms with Crippen LogP contribution in [0.1, 0.15) is 0 Å². The van der Waals surface area contributed by atoms with Crippen molar-refractivity contribution in [2.24, 2.45) is 0 Å². The first-order chi connectivity index (χ1) is 18.1. The van der Waals surface area contributed by atoms with Crippen LogP contribution in [0.3, 0.4) is 0 Å². The van der Waals surface area contributed by atoms with E-state index < -0.39 is 0 Å². The smallest absolute Gasteiger partial charge is 0.0716 e. The Hall–Kier alpha value is -3.69. The van der Waals surface area contributed by atoms with Crippen molar-refractivity contribution in [3.05, 3.63) is 125 Å². The summed E-state index contributed by atoms with van der Waals surface area (Å²) < 4.78 is 2.59. The van der Waals surface area contributed by atoms with E-state index >= 15 is 0 Å². The second-order valence-electron chi connectivity index (χ2n) is 9.15. The van der Waals surface area contributed by atoms with Crippen LogP contribution in [0.15, 0.2) is 115 Å². The quantitative estimate of drug-likeness (QED) is 0.221. The number of fused-ring (bicyclic) bond motifs is 4. The van der Waals surface area contributed by atoms with Crippen molar-refractivity contribution >= 4 is 65.5 Å². The molecule has 176 valence electrons. The zero-order valence-electron chi connectivity index (χ0n) is 19.6. The normalized spacial score (nSPS) is 11.5. The number of aromatic nitrogens is 1. The maximum absolute atomic E-state index is 6.21. The third-order valence-corrected chi connectivity index (χ3v) is 8.47. The maximum Gasteiger partial charge on any atom is 0.0716 e. The number of thiophene rings is 1. The molecule has 4 heteroatoms. The van der Waals surface area contributed by atoms with Crippen molar-refractivity contribution in [1.29, 1.82) is 0 Å². The van der Waals surface area contributed by atoms with E-state index in [1.54, 1.807) is 6.07 Å². The highest BCUT2D eigenvalue weighted by Crippen LogP contribution is 2.39. The van der Waals surface area contributed by atoms with E-state index in [4.69, 9.17) is 28.2 Å². The second-order valence-corrected chi connectivity index (χ2v) is 11.1. The Bertz CT molecular complexity index is 1930. The van der Waals surface area contributed by atoms with Crippen LogP contribution in [-0.2, 0) is 0 Å². The van der Waals surface area contributed by atoms with E-state index in [0.29, 0.717) is 10.0 Å². The number of pyridine rings is 1. The molecule has 37 heavy (non-hydrogen) atoms. The molecule has 2 aromatic heterocycles. The van der Waals surface area contributed by atoms with Crippen molar-refractivity contribution in [2.45, 2.75) is 0 Å². The lowest BCUT2D eigenvalue weighted by atomic mass is 9.98. The maximum atomic E-state index is 6.21. The summed E-state index contributed by atoms with van der Waals surface area (Å²) in [6.45, 7) is 0. The Kier molecular flexibility index (Phi) is 5.48. The van der Waals surface area contributed by atoms with Crippen molar-refractivity contribution in [3.8, 4) is 33.5 Å². The molecule has 0 amide bonds. The SMILES string of the molecule is Clc1cc(Cl)cc(-c2ccc3cc(-c4ccc(-c5cccc6c5sc5ccccc56)nc4)ccc3c2)c1. The molecule has 0 saturated heterocycles. The molecule has 7 rings (SSSR count). The number of hydrogen-bond donors (Lipinski definition) is 0. The lowest BCUT2D eigenvalue weighted by Gasteiger charge is -2.09. The van der Waals surface area contributed by atoms with Gasteiger partial charge in [0, 0.05) is 47.5 Å². The fourth-order valence-corrected chi connectivity index (χ4v) is 6.75. The Morgan fingerprint density at radius 3 is 1.95 bits per heavy atom. The molecule has 0 aliphatic carbocycles.